The van der Waals surface area contributed by atoms with E-state index in [2.05, 4.69) is 228 Å². The average Bonchev–Trinajstić information content (AvgIpc) is 3.92. The zero-order valence-electron chi connectivity index (χ0n) is 39.6. The molecule has 0 amide bonds. The quantitative estimate of drug-likeness (QED) is 0.165. The van der Waals surface area contributed by atoms with Gasteiger partial charge < -0.3 is 18.6 Å². The van der Waals surface area contributed by atoms with E-state index >= 15 is 0 Å². The zero-order valence-corrected chi connectivity index (χ0v) is 39.6. The number of rotatable bonds is 4. The van der Waals surface area contributed by atoms with Crippen LogP contribution < -0.4 is 26.2 Å². The number of anilines is 6. The summed E-state index contributed by atoms with van der Waals surface area (Å²) < 4.78 is 13.1. The van der Waals surface area contributed by atoms with E-state index in [-0.39, 0.29) is 17.5 Å². The number of benzene rings is 9. The van der Waals surface area contributed by atoms with Crippen LogP contribution >= 0.6 is 0 Å². The van der Waals surface area contributed by atoms with Gasteiger partial charge in [-0.2, -0.15) is 0 Å². The van der Waals surface area contributed by atoms with Crippen LogP contribution in [0, 0.1) is 6.92 Å². The molecule has 5 heteroatoms. The van der Waals surface area contributed by atoms with Crippen molar-refractivity contribution in [1.29, 1.82) is 0 Å². The van der Waals surface area contributed by atoms with Crippen LogP contribution in [0.4, 0.5) is 34.1 Å². The largest absolute Gasteiger partial charge is 0.455 e. The van der Waals surface area contributed by atoms with Crippen LogP contribution in [0.2, 0.25) is 0 Å². The van der Waals surface area contributed by atoms with Crippen LogP contribution in [0.25, 0.3) is 66.1 Å². The van der Waals surface area contributed by atoms with Gasteiger partial charge in [0.05, 0.1) is 0 Å². The van der Waals surface area contributed by atoms with Gasteiger partial charge in [-0.3, -0.25) is 0 Å². The van der Waals surface area contributed by atoms with E-state index in [4.69, 9.17) is 8.83 Å². The molecule has 4 heterocycles. The summed E-state index contributed by atoms with van der Waals surface area (Å²) in [6, 6.07) is 67.1. The number of furan rings is 2. The molecule has 0 fully saturated rings. The molecule has 13 rings (SSSR count). The highest BCUT2D eigenvalue weighted by atomic mass is 16.3. The summed E-state index contributed by atoms with van der Waals surface area (Å²) in [7, 11) is 0. The zero-order chi connectivity index (χ0) is 46.2. The third-order valence-corrected chi connectivity index (χ3v) is 14.6. The van der Waals surface area contributed by atoms with E-state index in [0.717, 1.165) is 77.5 Å². The molecular weight excluding hydrogens is 828 g/mol. The van der Waals surface area contributed by atoms with E-state index in [1.807, 2.05) is 12.1 Å². The fourth-order valence-electron chi connectivity index (χ4n) is 11.2. The Morgan fingerprint density at radius 1 is 0.397 bits per heavy atom. The van der Waals surface area contributed by atoms with Crippen LogP contribution in [0.3, 0.4) is 0 Å². The molecule has 68 heavy (non-hydrogen) atoms. The van der Waals surface area contributed by atoms with Gasteiger partial charge in [0, 0.05) is 66.8 Å². The van der Waals surface area contributed by atoms with Gasteiger partial charge in [-0.1, -0.05) is 163 Å². The van der Waals surface area contributed by atoms with Gasteiger partial charge in [0.2, 0.25) is 0 Å². The maximum absolute atomic E-state index is 6.60. The van der Waals surface area contributed by atoms with Crippen molar-refractivity contribution in [3.05, 3.63) is 199 Å². The molecule has 9 aromatic carbocycles. The normalized spacial score (nSPS) is 13.4. The second-order valence-electron chi connectivity index (χ2n) is 21.0. The molecule has 0 N–H and O–H groups in total. The molecule has 2 aliphatic rings. The minimum absolute atomic E-state index is 0.00635. The summed E-state index contributed by atoms with van der Waals surface area (Å²) in [6.45, 7) is 16.2. The topological polar surface area (TPSA) is 32.8 Å². The summed E-state index contributed by atoms with van der Waals surface area (Å²) in [5.41, 5.74) is 22.8. The van der Waals surface area contributed by atoms with Gasteiger partial charge in [0.15, 0.2) is 0 Å². The first-order valence-electron chi connectivity index (χ1n) is 23.9. The summed E-state index contributed by atoms with van der Waals surface area (Å²) in [5, 5.41) is 4.54. The van der Waals surface area contributed by atoms with E-state index in [1.165, 1.54) is 55.8 Å². The average molecular weight is 879 g/mol. The Bertz CT molecular complexity index is 3860. The molecule has 2 aliphatic heterocycles. The van der Waals surface area contributed by atoms with Crippen molar-refractivity contribution in [2.45, 2.75) is 59.3 Å². The third-order valence-electron chi connectivity index (χ3n) is 14.6. The molecule has 0 saturated carbocycles. The molecule has 0 atom stereocenters. The molecule has 0 unspecified atom stereocenters. The lowest BCUT2D eigenvalue weighted by atomic mass is 9.33. The standard InChI is InChI=1S/C63H51BN2O2/c1-38-33-55-59-56(34-38)66(44-16-12-15-40(35-44)46-20-14-22-50-48-18-9-11-24-58(48)68-61(46)50)53-32-28-41(62(2,3)4)36-52(53)64(59)51-31-27-42(63(5,6)7)37-54(51)65(55)43-29-25-39(26-30-43)45-19-13-21-49-47-17-8-10-23-57(47)67-60(45)49/h8-37H,1-7H3. The first-order chi connectivity index (χ1) is 32.9. The number of fused-ring (bicyclic) bond motifs is 10. The maximum Gasteiger partial charge on any atom is 0.252 e. The Labute approximate surface area is 398 Å². The number of nitrogens with zero attached hydrogens (tertiary/aromatic N) is 2. The maximum atomic E-state index is 6.60. The molecule has 0 radical (unpaired) electrons. The van der Waals surface area contributed by atoms with Gasteiger partial charge in [-0.05, 0) is 123 Å². The number of aryl methyl sites for hydroxylation is 1. The van der Waals surface area contributed by atoms with Crippen LogP contribution in [0.15, 0.2) is 191 Å². The fourth-order valence-corrected chi connectivity index (χ4v) is 11.2. The minimum Gasteiger partial charge on any atom is -0.455 e. The molecular formula is C63H51BN2O2. The van der Waals surface area contributed by atoms with Gasteiger partial charge >= 0.3 is 0 Å². The van der Waals surface area contributed by atoms with Crippen molar-refractivity contribution in [3.63, 3.8) is 0 Å². The summed E-state index contributed by atoms with van der Waals surface area (Å²) in [6.07, 6.45) is 0. The predicted molar refractivity (Wildman–Crippen MR) is 288 cm³/mol. The molecule has 0 saturated heterocycles. The number of para-hydroxylation sites is 4. The minimum atomic E-state index is -0.0493. The van der Waals surface area contributed by atoms with Crippen LogP contribution in [-0.2, 0) is 10.8 Å². The fraction of sp³-hybridized carbons (Fsp3) is 0.143. The Kier molecular flexibility index (Phi) is 8.71. The third kappa shape index (κ3) is 6.14. The molecule has 0 aliphatic carbocycles. The molecule has 328 valence electrons. The molecule has 11 aromatic rings. The second kappa shape index (κ2) is 14.6. The van der Waals surface area contributed by atoms with Gasteiger partial charge in [0.25, 0.3) is 6.71 Å². The lowest BCUT2D eigenvalue weighted by Crippen LogP contribution is -2.61. The van der Waals surface area contributed by atoms with Crippen LogP contribution in [0.5, 0.6) is 0 Å². The first-order valence-corrected chi connectivity index (χ1v) is 23.9. The second-order valence-corrected chi connectivity index (χ2v) is 21.0. The van der Waals surface area contributed by atoms with Crippen molar-refractivity contribution in [2.75, 3.05) is 9.80 Å². The molecule has 2 aromatic heterocycles. The van der Waals surface area contributed by atoms with Crippen LogP contribution in [-0.4, -0.2) is 6.71 Å². The molecule has 0 spiro atoms. The smallest absolute Gasteiger partial charge is 0.252 e. The summed E-state index contributed by atoms with van der Waals surface area (Å²) in [4.78, 5) is 5.06. The van der Waals surface area contributed by atoms with Crippen LogP contribution in [0.1, 0.15) is 58.2 Å². The lowest BCUT2D eigenvalue weighted by Gasteiger charge is -2.45. The number of hydrogen-bond donors (Lipinski definition) is 0. The monoisotopic (exact) mass is 878 g/mol. The molecule has 4 nitrogen and oxygen atoms in total. The van der Waals surface area contributed by atoms with Gasteiger partial charge in [0.1, 0.15) is 22.3 Å². The van der Waals surface area contributed by atoms with Gasteiger partial charge in [-0.25, -0.2) is 0 Å². The number of hydrogen-bond acceptors (Lipinski definition) is 4. The highest BCUT2D eigenvalue weighted by Crippen LogP contribution is 2.47. The summed E-state index contributed by atoms with van der Waals surface area (Å²) in [5.74, 6) is 0. The Morgan fingerprint density at radius 2 is 0.941 bits per heavy atom. The van der Waals surface area contributed by atoms with Crippen molar-refractivity contribution in [1.82, 2.24) is 0 Å². The van der Waals surface area contributed by atoms with E-state index < -0.39 is 0 Å². The van der Waals surface area contributed by atoms with Gasteiger partial charge in [-0.15, -0.1) is 0 Å². The highest BCUT2D eigenvalue weighted by Gasteiger charge is 2.44. The first kappa shape index (κ1) is 40.5. The van der Waals surface area contributed by atoms with E-state index in [9.17, 15) is 0 Å². The SMILES string of the molecule is Cc1cc2c3c(c1)N(c1ccc(-c4cccc5c4oc4ccccc45)cc1)c1cc(C(C)(C)C)ccc1B3c1cc(C(C)(C)C)ccc1N2c1cccc(-c2cccc3c2oc2ccccc23)c1. The highest BCUT2D eigenvalue weighted by molar-refractivity contribution is 7.00. The van der Waals surface area contributed by atoms with E-state index in [1.54, 1.807) is 0 Å². The van der Waals surface area contributed by atoms with Crippen molar-refractivity contribution >= 4 is 101 Å². The Balaban J connectivity index is 1.03. The Hall–Kier alpha value is -7.76. The lowest BCUT2D eigenvalue weighted by molar-refractivity contribution is 0.590. The van der Waals surface area contributed by atoms with Crippen molar-refractivity contribution < 1.29 is 8.83 Å². The van der Waals surface area contributed by atoms with E-state index in [0.29, 0.717) is 0 Å². The van der Waals surface area contributed by atoms with Crippen molar-refractivity contribution in [2.24, 2.45) is 0 Å². The summed E-state index contributed by atoms with van der Waals surface area (Å²) >= 11 is 0. The van der Waals surface area contributed by atoms with Crippen molar-refractivity contribution in [3.8, 4) is 22.3 Å². The Morgan fingerprint density at radius 3 is 1.57 bits per heavy atom. The predicted octanol–water partition coefficient (Wildman–Crippen LogP) is 15.8. The molecule has 0 bridgehead atoms.